The molecule has 1 atom stereocenters. The Labute approximate surface area is 117 Å². The Kier molecular flexibility index (Phi) is 4.57. The van der Waals surface area contributed by atoms with Crippen LogP contribution in [0.15, 0.2) is 22.7 Å². The molecule has 1 aromatic heterocycles. The number of aliphatic hydroxyl groups is 1. The van der Waals surface area contributed by atoms with Crippen molar-refractivity contribution in [2.24, 2.45) is 0 Å². The van der Waals surface area contributed by atoms with Crippen molar-refractivity contribution in [1.29, 1.82) is 0 Å². The number of ether oxygens (including phenoxy) is 2. The monoisotopic (exact) mass is 278 g/mol. The first-order chi connectivity index (χ1) is 9.63. The van der Waals surface area contributed by atoms with Crippen LogP contribution < -0.4 is 9.47 Å². The summed E-state index contributed by atoms with van der Waals surface area (Å²) in [6, 6.07) is 5.27. The Morgan fingerprint density at radius 2 is 2.15 bits per heavy atom. The standard InChI is InChI=1S/C14H18N2O4/c1-4-13-15-14(20-16-13)8-19-11-6-5-10(9(2)17)7-12(11)18-3/h5-7,9,17H,4,8H2,1-3H3/t9-/m1/s1. The first kappa shape index (κ1) is 14.3. The highest BCUT2D eigenvalue weighted by atomic mass is 16.5. The van der Waals surface area contributed by atoms with Crippen LogP contribution in [-0.4, -0.2) is 22.4 Å². The van der Waals surface area contributed by atoms with Crippen molar-refractivity contribution < 1.29 is 19.1 Å². The molecule has 2 rings (SSSR count). The maximum absolute atomic E-state index is 9.54. The van der Waals surface area contributed by atoms with E-state index in [9.17, 15) is 5.11 Å². The minimum Gasteiger partial charge on any atom is -0.493 e. The van der Waals surface area contributed by atoms with Crippen LogP contribution in [0.4, 0.5) is 0 Å². The van der Waals surface area contributed by atoms with Gasteiger partial charge in [0.2, 0.25) is 0 Å². The molecule has 0 aliphatic heterocycles. The van der Waals surface area contributed by atoms with Gasteiger partial charge < -0.3 is 19.1 Å². The minimum absolute atomic E-state index is 0.178. The summed E-state index contributed by atoms with van der Waals surface area (Å²) in [6.45, 7) is 3.82. The zero-order chi connectivity index (χ0) is 14.5. The summed E-state index contributed by atoms with van der Waals surface area (Å²) in [7, 11) is 1.55. The maximum Gasteiger partial charge on any atom is 0.264 e. The maximum atomic E-state index is 9.54. The van der Waals surface area contributed by atoms with Gasteiger partial charge in [-0.3, -0.25) is 0 Å². The number of aryl methyl sites for hydroxylation is 1. The molecule has 1 N–H and O–H groups in total. The number of rotatable bonds is 6. The minimum atomic E-state index is -0.555. The highest BCUT2D eigenvalue weighted by Crippen LogP contribution is 2.30. The van der Waals surface area contributed by atoms with Crippen molar-refractivity contribution in [3.8, 4) is 11.5 Å². The summed E-state index contributed by atoms with van der Waals surface area (Å²) in [5.41, 5.74) is 0.764. The van der Waals surface area contributed by atoms with Gasteiger partial charge in [-0.1, -0.05) is 18.1 Å². The number of hydrogen-bond donors (Lipinski definition) is 1. The van der Waals surface area contributed by atoms with Gasteiger partial charge in [-0.2, -0.15) is 4.98 Å². The molecule has 0 unspecified atom stereocenters. The second-order valence-electron chi connectivity index (χ2n) is 4.33. The third-order valence-electron chi connectivity index (χ3n) is 2.85. The van der Waals surface area contributed by atoms with Crippen molar-refractivity contribution in [1.82, 2.24) is 10.1 Å². The molecule has 2 aromatic rings. The molecular formula is C14H18N2O4. The first-order valence-electron chi connectivity index (χ1n) is 6.44. The molecule has 0 fully saturated rings. The lowest BCUT2D eigenvalue weighted by atomic mass is 10.1. The quantitative estimate of drug-likeness (QED) is 0.873. The van der Waals surface area contributed by atoms with Gasteiger partial charge in [0.15, 0.2) is 23.9 Å². The van der Waals surface area contributed by atoms with Crippen molar-refractivity contribution >= 4 is 0 Å². The van der Waals surface area contributed by atoms with Crippen molar-refractivity contribution in [2.45, 2.75) is 33.0 Å². The average Bonchev–Trinajstić information content (AvgIpc) is 2.92. The van der Waals surface area contributed by atoms with Gasteiger partial charge in [0.1, 0.15) is 0 Å². The molecule has 0 saturated heterocycles. The molecular weight excluding hydrogens is 260 g/mol. The van der Waals surface area contributed by atoms with E-state index >= 15 is 0 Å². The number of hydrogen-bond acceptors (Lipinski definition) is 6. The van der Waals surface area contributed by atoms with E-state index in [1.807, 2.05) is 6.92 Å². The number of aliphatic hydroxyl groups excluding tert-OH is 1. The molecule has 6 heteroatoms. The summed E-state index contributed by atoms with van der Waals surface area (Å²) in [5.74, 6) is 2.19. The summed E-state index contributed by atoms with van der Waals surface area (Å²) in [6.07, 6.45) is 0.164. The van der Waals surface area contributed by atoms with Crippen LogP contribution in [0, 0.1) is 0 Å². The second kappa shape index (κ2) is 6.38. The molecule has 0 spiro atoms. The Morgan fingerprint density at radius 3 is 2.75 bits per heavy atom. The highest BCUT2D eigenvalue weighted by molar-refractivity contribution is 5.43. The summed E-state index contributed by atoms with van der Waals surface area (Å²) >= 11 is 0. The Morgan fingerprint density at radius 1 is 1.35 bits per heavy atom. The fourth-order valence-corrected chi connectivity index (χ4v) is 1.70. The van der Waals surface area contributed by atoms with Crippen LogP contribution in [0.2, 0.25) is 0 Å². The van der Waals surface area contributed by atoms with E-state index in [-0.39, 0.29) is 6.61 Å². The second-order valence-corrected chi connectivity index (χ2v) is 4.33. The number of benzene rings is 1. The third-order valence-corrected chi connectivity index (χ3v) is 2.85. The predicted molar refractivity (Wildman–Crippen MR) is 71.6 cm³/mol. The van der Waals surface area contributed by atoms with E-state index in [0.29, 0.717) is 23.2 Å². The molecule has 0 saturated carbocycles. The SMILES string of the molecule is CCc1noc(COc2ccc([C@@H](C)O)cc2OC)n1. The van der Waals surface area contributed by atoms with Crippen molar-refractivity contribution in [3.05, 3.63) is 35.5 Å². The number of aromatic nitrogens is 2. The van der Waals surface area contributed by atoms with Crippen LogP contribution in [-0.2, 0) is 13.0 Å². The van der Waals surface area contributed by atoms with E-state index in [2.05, 4.69) is 10.1 Å². The predicted octanol–water partition coefficient (Wildman–Crippen LogP) is 2.27. The van der Waals surface area contributed by atoms with Crippen molar-refractivity contribution in [3.63, 3.8) is 0 Å². The van der Waals surface area contributed by atoms with Crippen LogP contribution in [0.1, 0.15) is 37.2 Å². The van der Waals surface area contributed by atoms with Crippen LogP contribution >= 0.6 is 0 Å². The van der Waals surface area contributed by atoms with Crippen molar-refractivity contribution in [2.75, 3.05) is 7.11 Å². The molecule has 1 aromatic carbocycles. The van der Waals surface area contributed by atoms with E-state index < -0.39 is 6.10 Å². The van der Waals surface area contributed by atoms with Gasteiger partial charge in [-0.05, 0) is 24.6 Å². The Balaban J connectivity index is 2.08. The molecule has 0 aliphatic carbocycles. The Bertz CT molecular complexity index is 566. The largest absolute Gasteiger partial charge is 0.493 e. The topological polar surface area (TPSA) is 77.6 Å². The molecule has 1 heterocycles. The summed E-state index contributed by atoms with van der Waals surface area (Å²) in [4.78, 5) is 4.16. The van der Waals surface area contributed by atoms with Gasteiger partial charge >= 0.3 is 0 Å². The lowest BCUT2D eigenvalue weighted by Gasteiger charge is -2.12. The van der Waals surface area contributed by atoms with Gasteiger partial charge in [-0.25, -0.2) is 0 Å². The van der Waals surface area contributed by atoms with E-state index in [1.54, 1.807) is 32.2 Å². The zero-order valence-corrected chi connectivity index (χ0v) is 11.8. The zero-order valence-electron chi connectivity index (χ0n) is 11.8. The number of methoxy groups -OCH3 is 1. The summed E-state index contributed by atoms with van der Waals surface area (Å²) in [5, 5.41) is 13.3. The first-order valence-corrected chi connectivity index (χ1v) is 6.44. The molecule has 6 nitrogen and oxygen atoms in total. The van der Waals surface area contributed by atoms with Crippen LogP contribution in [0.5, 0.6) is 11.5 Å². The lowest BCUT2D eigenvalue weighted by molar-refractivity contribution is 0.198. The van der Waals surface area contributed by atoms with E-state index in [0.717, 1.165) is 12.0 Å². The normalized spacial score (nSPS) is 12.2. The fourth-order valence-electron chi connectivity index (χ4n) is 1.70. The summed E-state index contributed by atoms with van der Waals surface area (Å²) < 4.78 is 15.9. The van der Waals surface area contributed by atoms with Gasteiger partial charge in [0, 0.05) is 6.42 Å². The molecule has 0 radical (unpaired) electrons. The number of nitrogens with zero attached hydrogens (tertiary/aromatic N) is 2. The van der Waals surface area contributed by atoms with Crippen LogP contribution in [0.25, 0.3) is 0 Å². The third kappa shape index (κ3) is 3.27. The molecule has 108 valence electrons. The molecule has 0 amide bonds. The van der Waals surface area contributed by atoms with E-state index in [1.165, 1.54) is 0 Å². The Hall–Kier alpha value is -2.08. The smallest absolute Gasteiger partial charge is 0.264 e. The highest BCUT2D eigenvalue weighted by Gasteiger charge is 2.11. The van der Waals surface area contributed by atoms with Gasteiger partial charge in [0.05, 0.1) is 13.2 Å². The molecule has 0 bridgehead atoms. The van der Waals surface area contributed by atoms with E-state index in [4.69, 9.17) is 14.0 Å². The fraction of sp³-hybridized carbons (Fsp3) is 0.429. The van der Waals surface area contributed by atoms with Gasteiger partial charge in [0.25, 0.3) is 5.89 Å². The molecule has 20 heavy (non-hydrogen) atoms. The van der Waals surface area contributed by atoms with Crippen LogP contribution in [0.3, 0.4) is 0 Å². The lowest BCUT2D eigenvalue weighted by Crippen LogP contribution is -2.00. The average molecular weight is 278 g/mol. The molecule has 0 aliphatic rings. The van der Waals surface area contributed by atoms with Gasteiger partial charge in [-0.15, -0.1) is 0 Å².